The van der Waals surface area contributed by atoms with Gasteiger partial charge in [0.25, 0.3) is 0 Å². The number of benzene rings is 1. The fourth-order valence-corrected chi connectivity index (χ4v) is 2.52. The quantitative estimate of drug-likeness (QED) is 0.897. The lowest BCUT2D eigenvalue weighted by Crippen LogP contribution is -2.04. The topological polar surface area (TPSA) is 76.2 Å². The van der Waals surface area contributed by atoms with E-state index < -0.39 is 5.97 Å². The van der Waals surface area contributed by atoms with Gasteiger partial charge in [0.1, 0.15) is 9.88 Å². The molecule has 88 valence electrons. The summed E-state index contributed by atoms with van der Waals surface area (Å²) in [6.45, 7) is 0.110. The smallest absolute Gasteiger partial charge is 0.347 e. The Bertz CT molecular complexity index is 568. The minimum atomic E-state index is -1.00. The summed E-state index contributed by atoms with van der Waals surface area (Å²) in [6.07, 6.45) is 0. The molecule has 6 heteroatoms. The van der Waals surface area contributed by atoms with Gasteiger partial charge >= 0.3 is 5.97 Å². The van der Waals surface area contributed by atoms with Crippen molar-refractivity contribution in [2.24, 2.45) is 5.73 Å². The standard InChI is InChI=1S/C11H9ClN2O2S/c12-7-3-1-2-6(4-7)10-14-8(5-13)9(17-10)11(15)16/h1-4H,5,13H2,(H,15,16). The number of carboxylic acid groups (broad SMARTS) is 1. The predicted molar refractivity (Wildman–Crippen MR) is 67.4 cm³/mol. The molecule has 0 atom stereocenters. The second kappa shape index (κ2) is 4.83. The minimum Gasteiger partial charge on any atom is -0.477 e. The molecule has 0 aliphatic carbocycles. The van der Waals surface area contributed by atoms with E-state index >= 15 is 0 Å². The molecule has 0 saturated heterocycles. The van der Waals surface area contributed by atoms with Crippen LogP contribution in [0.15, 0.2) is 24.3 Å². The molecule has 3 N–H and O–H groups in total. The van der Waals surface area contributed by atoms with Crippen molar-refractivity contribution in [1.29, 1.82) is 0 Å². The molecular formula is C11H9ClN2O2S. The van der Waals surface area contributed by atoms with Crippen molar-refractivity contribution in [2.75, 3.05) is 0 Å². The van der Waals surface area contributed by atoms with Gasteiger partial charge in [-0.3, -0.25) is 0 Å². The van der Waals surface area contributed by atoms with Gasteiger partial charge in [-0.2, -0.15) is 0 Å². The van der Waals surface area contributed by atoms with Gasteiger partial charge in [0.2, 0.25) is 0 Å². The monoisotopic (exact) mass is 268 g/mol. The lowest BCUT2D eigenvalue weighted by molar-refractivity contribution is 0.0700. The fourth-order valence-electron chi connectivity index (χ4n) is 1.40. The zero-order valence-corrected chi connectivity index (χ0v) is 10.3. The Morgan fingerprint density at radius 1 is 1.53 bits per heavy atom. The van der Waals surface area contributed by atoms with Gasteiger partial charge in [-0.05, 0) is 12.1 Å². The second-order valence-electron chi connectivity index (χ2n) is 3.31. The van der Waals surface area contributed by atoms with E-state index in [9.17, 15) is 4.79 Å². The van der Waals surface area contributed by atoms with Crippen LogP contribution in [0.3, 0.4) is 0 Å². The predicted octanol–water partition coefficient (Wildman–Crippen LogP) is 2.62. The maximum Gasteiger partial charge on any atom is 0.347 e. The molecule has 0 aliphatic heterocycles. The Balaban J connectivity index is 2.50. The highest BCUT2D eigenvalue weighted by Gasteiger charge is 2.16. The summed E-state index contributed by atoms with van der Waals surface area (Å²) in [6, 6.07) is 7.12. The zero-order valence-electron chi connectivity index (χ0n) is 8.68. The number of thiazole rings is 1. The molecule has 0 bridgehead atoms. The molecule has 4 nitrogen and oxygen atoms in total. The Kier molecular flexibility index (Phi) is 3.42. The van der Waals surface area contributed by atoms with Gasteiger partial charge in [0, 0.05) is 17.1 Å². The lowest BCUT2D eigenvalue weighted by atomic mass is 10.2. The molecule has 0 spiro atoms. The molecule has 0 aliphatic rings. The van der Waals surface area contributed by atoms with Gasteiger partial charge in [-0.1, -0.05) is 23.7 Å². The number of hydrogen-bond acceptors (Lipinski definition) is 4. The van der Waals surface area contributed by atoms with Crippen molar-refractivity contribution in [3.05, 3.63) is 39.9 Å². The average molecular weight is 269 g/mol. The number of hydrogen-bond donors (Lipinski definition) is 2. The molecule has 2 aromatic rings. The van der Waals surface area contributed by atoms with Crippen LogP contribution in [0.1, 0.15) is 15.4 Å². The van der Waals surface area contributed by atoms with Crippen LogP contribution in [-0.2, 0) is 6.54 Å². The largest absolute Gasteiger partial charge is 0.477 e. The second-order valence-corrected chi connectivity index (χ2v) is 4.75. The van der Waals surface area contributed by atoms with Gasteiger partial charge in [0.15, 0.2) is 0 Å². The number of rotatable bonds is 3. The van der Waals surface area contributed by atoms with Crippen molar-refractivity contribution in [2.45, 2.75) is 6.54 Å². The Hall–Kier alpha value is -1.43. The molecule has 2 rings (SSSR count). The zero-order chi connectivity index (χ0) is 12.4. The third kappa shape index (κ3) is 2.46. The normalized spacial score (nSPS) is 10.5. The number of nitrogens with two attached hydrogens (primary N) is 1. The number of nitrogens with zero attached hydrogens (tertiary/aromatic N) is 1. The molecule has 0 radical (unpaired) electrons. The molecule has 0 fully saturated rings. The first-order valence-electron chi connectivity index (χ1n) is 4.81. The van der Waals surface area contributed by atoms with E-state index in [4.69, 9.17) is 22.4 Å². The van der Waals surface area contributed by atoms with Crippen molar-refractivity contribution < 1.29 is 9.90 Å². The van der Waals surface area contributed by atoms with Crippen LogP contribution < -0.4 is 5.73 Å². The molecule has 1 aromatic heterocycles. The number of halogens is 1. The van der Waals surface area contributed by atoms with Gasteiger partial charge in [-0.15, -0.1) is 11.3 Å². The average Bonchev–Trinajstić information content (AvgIpc) is 2.73. The molecule has 1 heterocycles. The molecule has 1 aromatic carbocycles. The molecule has 0 saturated carbocycles. The minimum absolute atomic E-state index is 0.110. The van der Waals surface area contributed by atoms with E-state index in [2.05, 4.69) is 4.98 Å². The van der Waals surface area contributed by atoms with E-state index in [1.54, 1.807) is 18.2 Å². The number of aromatic nitrogens is 1. The Morgan fingerprint density at radius 3 is 2.82 bits per heavy atom. The van der Waals surface area contributed by atoms with Crippen LogP contribution in [0.2, 0.25) is 5.02 Å². The van der Waals surface area contributed by atoms with Crippen LogP contribution in [0.25, 0.3) is 10.6 Å². The van der Waals surface area contributed by atoms with Crippen LogP contribution in [0.4, 0.5) is 0 Å². The SMILES string of the molecule is NCc1nc(-c2cccc(Cl)c2)sc1C(=O)O. The summed E-state index contributed by atoms with van der Waals surface area (Å²) in [7, 11) is 0. The molecular weight excluding hydrogens is 260 g/mol. The molecule has 0 unspecified atom stereocenters. The van der Waals surface area contributed by atoms with Crippen molar-refractivity contribution in [1.82, 2.24) is 4.98 Å². The van der Waals surface area contributed by atoms with Gasteiger partial charge in [0.05, 0.1) is 5.69 Å². The van der Waals surface area contributed by atoms with E-state index in [-0.39, 0.29) is 11.4 Å². The Labute approximate surface area is 107 Å². The van der Waals surface area contributed by atoms with Crippen LogP contribution in [-0.4, -0.2) is 16.1 Å². The number of aromatic carboxylic acids is 1. The summed E-state index contributed by atoms with van der Waals surface area (Å²) in [5.41, 5.74) is 6.66. The van der Waals surface area contributed by atoms with Crippen LogP contribution in [0.5, 0.6) is 0 Å². The lowest BCUT2D eigenvalue weighted by Gasteiger charge is -1.95. The maximum absolute atomic E-state index is 11.0. The summed E-state index contributed by atoms with van der Waals surface area (Å²) in [5, 5.41) is 10.2. The number of carboxylic acids is 1. The van der Waals surface area contributed by atoms with Gasteiger partial charge in [-0.25, -0.2) is 9.78 Å². The van der Waals surface area contributed by atoms with Crippen LogP contribution in [0, 0.1) is 0 Å². The maximum atomic E-state index is 11.0. The van der Waals surface area contributed by atoms with Crippen molar-refractivity contribution in [3.63, 3.8) is 0 Å². The van der Waals surface area contributed by atoms with E-state index in [0.29, 0.717) is 15.7 Å². The first-order valence-corrected chi connectivity index (χ1v) is 6.00. The number of carbonyl (C=O) groups is 1. The van der Waals surface area contributed by atoms with Crippen LogP contribution >= 0.6 is 22.9 Å². The summed E-state index contributed by atoms with van der Waals surface area (Å²) in [5.74, 6) is -1.00. The summed E-state index contributed by atoms with van der Waals surface area (Å²) < 4.78 is 0. The summed E-state index contributed by atoms with van der Waals surface area (Å²) in [4.78, 5) is 15.4. The fraction of sp³-hybridized carbons (Fsp3) is 0.0909. The summed E-state index contributed by atoms with van der Waals surface area (Å²) >= 11 is 6.98. The van der Waals surface area contributed by atoms with E-state index in [1.807, 2.05) is 6.07 Å². The van der Waals surface area contributed by atoms with E-state index in [1.165, 1.54) is 0 Å². The highest BCUT2D eigenvalue weighted by atomic mass is 35.5. The molecule has 17 heavy (non-hydrogen) atoms. The van der Waals surface area contributed by atoms with Crippen molar-refractivity contribution in [3.8, 4) is 10.6 Å². The Morgan fingerprint density at radius 2 is 2.29 bits per heavy atom. The third-order valence-electron chi connectivity index (χ3n) is 2.16. The molecule has 0 amide bonds. The van der Waals surface area contributed by atoms with Crippen molar-refractivity contribution >= 4 is 28.9 Å². The first-order chi connectivity index (χ1) is 8.11. The van der Waals surface area contributed by atoms with Gasteiger partial charge < -0.3 is 10.8 Å². The highest BCUT2D eigenvalue weighted by Crippen LogP contribution is 2.29. The third-order valence-corrected chi connectivity index (χ3v) is 3.53. The highest BCUT2D eigenvalue weighted by molar-refractivity contribution is 7.17. The first kappa shape index (κ1) is 12.0. The van der Waals surface area contributed by atoms with E-state index in [0.717, 1.165) is 16.9 Å².